The molecule has 6 heteroatoms. The number of pyridine rings is 1. The van der Waals surface area contributed by atoms with Crippen LogP contribution in [-0.2, 0) is 11.8 Å². The summed E-state index contributed by atoms with van der Waals surface area (Å²) in [7, 11) is 4.65. The third kappa shape index (κ3) is 2.32. The monoisotopic (exact) mass is 247 g/mol. The third-order valence-corrected chi connectivity index (χ3v) is 2.43. The summed E-state index contributed by atoms with van der Waals surface area (Å²) in [5.74, 6) is 0.0447. The number of nitrogens with zero attached hydrogens (tertiary/aromatic N) is 3. The quantitative estimate of drug-likeness (QED) is 0.764. The van der Waals surface area contributed by atoms with E-state index in [9.17, 15) is 4.79 Å². The Hall–Kier alpha value is -2.37. The van der Waals surface area contributed by atoms with E-state index in [1.54, 1.807) is 16.9 Å². The predicted octanol–water partition coefficient (Wildman–Crippen LogP) is 1.28. The molecule has 0 N–H and O–H groups in total. The van der Waals surface area contributed by atoms with Crippen molar-refractivity contribution in [2.45, 2.75) is 0 Å². The molecule has 0 saturated heterocycles. The predicted molar refractivity (Wildman–Crippen MR) is 64.3 cm³/mol. The van der Waals surface area contributed by atoms with Gasteiger partial charge in [-0.1, -0.05) is 0 Å². The van der Waals surface area contributed by atoms with Crippen molar-refractivity contribution in [2.75, 3.05) is 14.2 Å². The minimum absolute atomic E-state index is 0.204. The molecule has 0 atom stereocenters. The van der Waals surface area contributed by atoms with Crippen LogP contribution in [0.1, 0.15) is 10.5 Å². The maximum atomic E-state index is 11.5. The molecule has 0 aliphatic rings. The average molecular weight is 247 g/mol. The summed E-state index contributed by atoms with van der Waals surface area (Å²) in [5, 5.41) is 4.06. The number of hydrogen-bond donors (Lipinski definition) is 0. The van der Waals surface area contributed by atoms with E-state index in [4.69, 9.17) is 4.74 Å². The van der Waals surface area contributed by atoms with Crippen molar-refractivity contribution in [1.29, 1.82) is 0 Å². The van der Waals surface area contributed by atoms with E-state index >= 15 is 0 Å². The first-order valence-electron chi connectivity index (χ1n) is 5.27. The number of aryl methyl sites for hydroxylation is 1. The molecule has 0 saturated carbocycles. The van der Waals surface area contributed by atoms with Crippen LogP contribution in [0, 0.1) is 0 Å². The Morgan fingerprint density at radius 2 is 2.11 bits per heavy atom. The van der Waals surface area contributed by atoms with Gasteiger partial charge in [-0.3, -0.25) is 4.68 Å². The van der Waals surface area contributed by atoms with E-state index < -0.39 is 5.97 Å². The van der Waals surface area contributed by atoms with Crippen LogP contribution in [0.5, 0.6) is 5.75 Å². The topological polar surface area (TPSA) is 66.2 Å². The average Bonchev–Trinajstić information content (AvgIpc) is 2.84. The van der Waals surface area contributed by atoms with E-state index in [1.807, 2.05) is 13.2 Å². The summed E-state index contributed by atoms with van der Waals surface area (Å²) in [6.45, 7) is 0. The van der Waals surface area contributed by atoms with E-state index in [1.165, 1.54) is 20.3 Å². The summed E-state index contributed by atoms with van der Waals surface area (Å²) in [4.78, 5) is 15.7. The number of hydrogen-bond acceptors (Lipinski definition) is 5. The standard InChI is InChI=1S/C12H13N3O3/c1-15-7-8(6-13-15)10-4-9(17-2)5-11(14-10)12(16)18-3/h4-7H,1-3H3. The Morgan fingerprint density at radius 3 is 2.67 bits per heavy atom. The lowest BCUT2D eigenvalue weighted by Crippen LogP contribution is -2.05. The first kappa shape index (κ1) is 12.1. The molecule has 0 aliphatic carbocycles. The van der Waals surface area contributed by atoms with Gasteiger partial charge in [-0.05, 0) is 0 Å². The van der Waals surface area contributed by atoms with Crippen LogP contribution in [0.4, 0.5) is 0 Å². The van der Waals surface area contributed by atoms with Crippen molar-refractivity contribution in [2.24, 2.45) is 7.05 Å². The molecule has 0 aliphatic heterocycles. The van der Waals surface area contributed by atoms with Gasteiger partial charge in [-0.15, -0.1) is 0 Å². The van der Waals surface area contributed by atoms with Crippen LogP contribution in [0.15, 0.2) is 24.5 Å². The molecule has 0 unspecified atom stereocenters. The molecule has 0 spiro atoms. The Kier molecular flexibility index (Phi) is 3.27. The largest absolute Gasteiger partial charge is 0.497 e. The first-order valence-corrected chi connectivity index (χ1v) is 5.27. The Morgan fingerprint density at radius 1 is 1.33 bits per heavy atom. The van der Waals surface area contributed by atoms with E-state index in [0.717, 1.165) is 5.56 Å². The van der Waals surface area contributed by atoms with Crippen molar-refractivity contribution in [3.63, 3.8) is 0 Å². The second-order valence-corrected chi connectivity index (χ2v) is 3.67. The number of ether oxygens (including phenoxy) is 2. The van der Waals surface area contributed by atoms with Gasteiger partial charge in [0.2, 0.25) is 0 Å². The zero-order chi connectivity index (χ0) is 13.1. The van der Waals surface area contributed by atoms with Gasteiger partial charge in [-0.25, -0.2) is 9.78 Å². The number of rotatable bonds is 3. The number of carbonyl (C=O) groups is 1. The summed E-state index contributed by atoms with van der Waals surface area (Å²) in [6.07, 6.45) is 3.48. The molecule has 2 aromatic heterocycles. The number of carbonyl (C=O) groups excluding carboxylic acids is 1. The van der Waals surface area contributed by atoms with Gasteiger partial charge in [0, 0.05) is 30.9 Å². The van der Waals surface area contributed by atoms with E-state index in [-0.39, 0.29) is 5.69 Å². The molecule has 2 aromatic rings. The fraction of sp³-hybridized carbons (Fsp3) is 0.250. The highest BCUT2D eigenvalue weighted by atomic mass is 16.5. The molecule has 94 valence electrons. The zero-order valence-corrected chi connectivity index (χ0v) is 10.4. The van der Waals surface area contributed by atoms with Crippen LogP contribution in [0.3, 0.4) is 0 Å². The van der Waals surface area contributed by atoms with Gasteiger partial charge in [0.1, 0.15) is 5.75 Å². The molecule has 0 amide bonds. The van der Waals surface area contributed by atoms with Crippen molar-refractivity contribution in [1.82, 2.24) is 14.8 Å². The van der Waals surface area contributed by atoms with Crippen molar-refractivity contribution in [3.8, 4) is 17.0 Å². The molecule has 0 aromatic carbocycles. The zero-order valence-electron chi connectivity index (χ0n) is 10.4. The third-order valence-electron chi connectivity index (χ3n) is 2.43. The molecular weight excluding hydrogens is 234 g/mol. The molecule has 6 nitrogen and oxygen atoms in total. The smallest absolute Gasteiger partial charge is 0.356 e. The summed E-state index contributed by atoms with van der Waals surface area (Å²) in [6, 6.07) is 3.27. The highest BCUT2D eigenvalue weighted by Gasteiger charge is 2.13. The number of methoxy groups -OCH3 is 2. The van der Waals surface area contributed by atoms with Crippen LogP contribution in [0.2, 0.25) is 0 Å². The minimum atomic E-state index is -0.501. The maximum absolute atomic E-state index is 11.5. The van der Waals surface area contributed by atoms with Crippen molar-refractivity contribution in [3.05, 3.63) is 30.2 Å². The molecule has 2 rings (SSSR count). The summed E-state index contributed by atoms with van der Waals surface area (Å²) >= 11 is 0. The fourth-order valence-electron chi connectivity index (χ4n) is 1.53. The van der Waals surface area contributed by atoms with Gasteiger partial charge < -0.3 is 9.47 Å². The summed E-state index contributed by atoms with van der Waals surface area (Å²) in [5.41, 5.74) is 1.63. The Bertz CT molecular complexity index is 578. The van der Waals surface area contributed by atoms with Crippen LogP contribution in [0.25, 0.3) is 11.3 Å². The van der Waals surface area contributed by atoms with Gasteiger partial charge in [-0.2, -0.15) is 5.10 Å². The molecule has 0 bridgehead atoms. The highest BCUT2D eigenvalue weighted by Crippen LogP contribution is 2.22. The van der Waals surface area contributed by atoms with Crippen LogP contribution < -0.4 is 4.74 Å². The molecular formula is C12H13N3O3. The molecule has 2 heterocycles. The highest BCUT2D eigenvalue weighted by molar-refractivity contribution is 5.88. The van der Waals surface area contributed by atoms with E-state index in [2.05, 4.69) is 14.8 Å². The lowest BCUT2D eigenvalue weighted by molar-refractivity contribution is 0.0593. The normalized spacial score (nSPS) is 10.2. The van der Waals surface area contributed by atoms with Crippen LogP contribution >= 0.6 is 0 Å². The minimum Gasteiger partial charge on any atom is -0.497 e. The van der Waals surface area contributed by atoms with Gasteiger partial charge in [0.25, 0.3) is 0 Å². The Balaban J connectivity index is 2.50. The SMILES string of the molecule is COC(=O)c1cc(OC)cc(-c2cnn(C)c2)n1. The van der Waals surface area contributed by atoms with Gasteiger partial charge in [0.15, 0.2) is 5.69 Å². The molecule has 18 heavy (non-hydrogen) atoms. The van der Waals surface area contributed by atoms with Crippen molar-refractivity contribution < 1.29 is 14.3 Å². The molecule has 0 fully saturated rings. The summed E-state index contributed by atoms with van der Waals surface area (Å²) < 4.78 is 11.5. The molecule has 0 radical (unpaired) electrons. The van der Waals surface area contributed by atoms with E-state index in [0.29, 0.717) is 11.4 Å². The number of esters is 1. The lowest BCUT2D eigenvalue weighted by atomic mass is 10.2. The Labute approximate surface area is 104 Å². The second kappa shape index (κ2) is 4.87. The fourth-order valence-corrected chi connectivity index (χ4v) is 1.53. The van der Waals surface area contributed by atoms with Crippen molar-refractivity contribution >= 4 is 5.97 Å². The van der Waals surface area contributed by atoms with Gasteiger partial charge in [0.05, 0.1) is 26.1 Å². The van der Waals surface area contributed by atoms with Gasteiger partial charge >= 0.3 is 5.97 Å². The second-order valence-electron chi connectivity index (χ2n) is 3.67. The van der Waals surface area contributed by atoms with Crippen LogP contribution in [-0.4, -0.2) is 35.0 Å². The number of aromatic nitrogens is 3. The maximum Gasteiger partial charge on any atom is 0.356 e. The first-order chi connectivity index (χ1) is 8.63. The lowest BCUT2D eigenvalue weighted by Gasteiger charge is -2.05.